The van der Waals surface area contributed by atoms with Crippen LogP contribution in [0.2, 0.25) is 0 Å². The van der Waals surface area contributed by atoms with E-state index in [-0.39, 0.29) is 5.91 Å². The van der Waals surface area contributed by atoms with Crippen LogP contribution in [0.5, 0.6) is 0 Å². The number of carbonyl (C=O) groups is 1. The fourth-order valence-electron chi connectivity index (χ4n) is 3.43. The molecule has 1 amide bonds. The van der Waals surface area contributed by atoms with Gasteiger partial charge in [0.2, 0.25) is 0 Å². The predicted molar refractivity (Wildman–Crippen MR) is 105 cm³/mol. The lowest BCUT2D eigenvalue weighted by molar-refractivity contribution is 0.0740. The lowest BCUT2D eigenvalue weighted by Gasteiger charge is -2.34. The van der Waals surface area contributed by atoms with Crippen molar-refractivity contribution in [3.8, 4) is 0 Å². The van der Waals surface area contributed by atoms with E-state index in [1.807, 2.05) is 24.9 Å². The number of anilines is 1. The molecule has 1 saturated heterocycles. The first-order valence-corrected chi connectivity index (χ1v) is 9.66. The minimum Gasteiger partial charge on any atom is -0.345 e. The molecule has 0 radical (unpaired) electrons. The number of hydrogen-bond acceptors (Lipinski definition) is 5. The van der Waals surface area contributed by atoms with Crippen molar-refractivity contribution in [1.82, 2.24) is 19.7 Å². The van der Waals surface area contributed by atoms with E-state index in [2.05, 4.69) is 36.0 Å². The number of nitrogens with zero attached hydrogens (tertiary/aromatic N) is 5. The number of hydrogen-bond donors (Lipinski definition) is 0. The van der Waals surface area contributed by atoms with E-state index in [9.17, 15) is 4.79 Å². The molecule has 136 valence electrons. The summed E-state index contributed by atoms with van der Waals surface area (Å²) in [6.07, 6.45) is 0. The first kappa shape index (κ1) is 17.0. The van der Waals surface area contributed by atoms with Crippen LogP contribution < -0.4 is 4.90 Å². The zero-order valence-corrected chi connectivity index (χ0v) is 16.4. The molecule has 0 spiro atoms. The summed E-state index contributed by atoms with van der Waals surface area (Å²) in [6, 6.07) is 6.20. The van der Waals surface area contributed by atoms with Gasteiger partial charge in [0.05, 0.1) is 10.2 Å². The Morgan fingerprint density at radius 3 is 2.46 bits per heavy atom. The van der Waals surface area contributed by atoms with Crippen molar-refractivity contribution >= 4 is 32.6 Å². The molecule has 1 fully saturated rings. The molecule has 2 aromatic heterocycles. The second kappa shape index (κ2) is 6.39. The van der Waals surface area contributed by atoms with Gasteiger partial charge in [0.25, 0.3) is 5.91 Å². The molecule has 26 heavy (non-hydrogen) atoms. The van der Waals surface area contributed by atoms with E-state index in [1.165, 1.54) is 15.8 Å². The summed E-state index contributed by atoms with van der Waals surface area (Å²) in [4.78, 5) is 21.7. The summed E-state index contributed by atoms with van der Waals surface area (Å²) < 4.78 is 3.00. The third-order valence-electron chi connectivity index (χ3n) is 4.98. The van der Waals surface area contributed by atoms with Gasteiger partial charge in [0.1, 0.15) is 0 Å². The molecule has 4 rings (SSSR count). The Bertz CT molecular complexity index is 962. The van der Waals surface area contributed by atoms with Gasteiger partial charge in [-0.3, -0.25) is 9.48 Å². The highest BCUT2D eigenvalue weighted by atomic mass is 32.1. The van der Waals surface area contributed by atoms with Crippen LogP contribution in [-0.2, 0) is 7.05 Å². The first-order valence-electron chi connectivity index (χ1n) is 8.85. The van der Waals surface area contributed by atoms with Crippen molar-refractivity contribution in [2.24, 2.45) is 7.05 Å². The third kappa shape index (κ3) is 2.96. The zero-order chi connectivity index (χ0) is 18.4. The number of aryl methyl sites for hydroxylation is 4. The molecule has 0 unspecified atom stereocenters. The molecule has 6 nitrogen and oxygen atoms in total. The molecule has 1 aliphatic heterocycles. The minimum atomic E-state index is 0.0177. The van der Waals surface area contributed by atoms with Gasteiger partial charge in [-0.15, -0.1) is 0 Å². The van der Waals surface area contributed by atoms with Crippen molar-refractivity contribution < 1.29 is 4.79 Å². The zero-order valence-electron chi connectivity index (χ0n) is 15.6. The van der Waals surface area contributed by atoms with Gasteiger partial charge in [-0.1, -0.05) is 17.4 Å². The van der Waals surface area contributed by atoms with Gasteiger partial charge in [-0.2, -0.15) is 5.10 Å². The van der Waals surface area contributed by atoms with Crippen molar-refractivity contribution in [3.05, 3.63) is 40.7 Å². The maximum Gasteiger partial charge on any atom is 0.274 e. The topological polar surface area (TPSA) is 54.3 Å². The molecule has 0 aliphatic carbocycles. The molecule has 0 atom stereocenters. The van der Waals surface area contributed by atoms with Gasteiger partial charge >= 0.3 is 0 Å². The number of benzene rings is 1. The van der Waals surface area contributed by atoms with Crippen molar-refractivity contribution in [3.63, 3.8) is 0 Å². The molecule has 0 N–H and O–H groups in total. The fraction of sp³-hybridized carbons (Fsp3) is 0.421. The summed E-state index contributed by atoms with van der Waals surface area (Å²) in [5, 5.41) is 5.36. The second-order valence-electron chi connectivity index (χ2n) is 7.00. The average molecular weight is 369 g/mol. The smallest absolute Gasteiger partial charge is 0.274 e. The Hall–Kier alpha value is -2.41. The van der Waals surface area contributed by atoms with Crippen molar-refractivity contribution in [2.45, 2.75) is 20.8 Å². The second-order valence-corrected chi connectivity index (χ2v) is 7.98. The molecule has 1 aliphatic rings. The average Bonchev–Trinajstić information content (AvgIpc) is 3.18. The van der Waals surface area contributed by atoms with Gasteiger partial charge in [0.15, 0.2) is 10.8 Å². The Kier molecular flexibility index (Phi) is 4.19. The summed E-state index contributed by atoms with van der Waals surface area (Å²) >= 11 is 1.75. The molecule has 0 bridgehead atoms. The Morgan fingerprint density at radius 2 is 1.81 bits per heavy atom. The third-order valence-corrected chi connectivity index (χ3v) is 6.25. The maximum absolute atomic E-state index is 12.7. The summed E-state index contributed by atoms with van der Waals surface area (Å²) in [6.45, 7) is 9.20. The van der Waals surface area contributed by atoms with Crippen LogP contribution in [0.3, 0.4) is 0 Å². The minimum absolute atomic E-state index is 0.0177. The van der Waals surface area contributed by atoms with Gasteiger partial charge in [-0.05, 0) is 44.0 Å². The number of aromatic nitrogens is 3. The van der Waals surface area contributed by atoms with Crippen LogP contribution in [0, 0.1) is 20.8 Å². The van der Waals surface area contributed by atoms with E-state index in [0.29, 0.717) is 18.8 Å². The van der Waals surface area contributed by atoms with Gasteiger partial charge in [-0.25, -0.2) is 4.98 Å². The summed E-state index contributed by atoms with van der Waals surface area (Å²) in [7, 11) is 1.86. The molecular formula is C19H23N5OS. The highest BCUT2D eigenvalue weighted by Gasteiger charge is 2.25. The highest BCUT2D eigenvalue weighted by Crippen LogP contribution is 2.32. The fourth-order valence-corrected chi connectivity index (χ4v) is 4.50. The molecule has 3 aromatic rings. The molecule has 3 heterocycles. The lowest BCUT2D eigenvalue weighted by Crippen LogP contribution is -2.48. The van der Waals surface area contributed by atoms with Crippen LogP contribution in [-0.4, -0.2) is 51.8 Å². The Labute approximate surface area is 157 Å². The maximum atomic E-state index is 12.7. The van der Waals surface area contributed by atoms with E-state index in [0.717, 1.165) is 29.4 Å². The Morgan fingerprint density at radius 1 is 1.08 bits per heavy atom. The number of thiazole rings is 1. The van der Waals surface area contributed by atoms with E-state index in [1.54, 1.807) is 16.0 Å². The molecule has 0 saturated carbocycles. The van der Waals surface area contributed by atoms with Gasteiger partial charge < -0.3 is 9.80 Å². The first-order chi connectivity index (χ1) is 12.4. The quantitative estimate of drug-likeness (QED) is 0.697. The number of carbonyl (C=O) groups excluding carboxylic acids is 1. The van der Waals surface area contributed by atoms with Crippen LogP contribution in [0.25, 0.3) is 10.2 Å². The predicted octanol–water partition coefficient (Wildman–Crippen LogP) is 2.92. The molecular weight excluding hydrogens is 346 g/mol. The van der Waals surface area contributed by atoms with E-state index in [4.69, 9.17) is 4.98 Å². The number of rotatable bonds is 2. The van der Waals surface area contributed by atoms with Crippen LogP contribution in [0.15, 0.2) is 18.2 Å². The number of amides is 1. The van der Waals surface area contributed by atoms with Crippen LogP contribution in [0.1, 0.15) is 27.3 Å². The summed E-state index contributed by atoms with van der Waals surface area (Å²) in [5.74, 6) is 0.0177. The molecule has 1 aromatic carbocycles. The standard InChI is InChI=1S/C19H23N5OS/c1-12-9-13(2)17-15(10-12)20-19(26-17)24-7-5-23(6-8-24)18(25)16-11-14(3)22(4)21-16/h9-11H,5-8H2,1-4H3. The largest absolute Gasteiger partial charge is 0.345 e. The Balaban J connectivity index is 1.48. The van der Waals surface area contributed by atoms with Crippen LogP contribution in [0.4, 0.5) is 5.13 Å². The van der Waals surface area contributed by atoms with E-state index < -0.39 is 0 Å². The summed E-state index contributed by atoms with van der Waals surface area (Å²) in [5.41, 5.74) is 5.12. The van der Waals surface area contributed by atoms with Crippen molar-refractivity contribution in [2.75, 3.05) is 31.1 Å². The van der Waals surface area contributed by atoms with Crippen LogP contribution >= 0.6 is 11.3 Å². The van der Waals surface area contributed by atoms with Gasteiger partial charge in [0, 0.05) is 38.9 Å². The SMILES string of the molecule is Cc1cc(C)c2sc(N3CCN(C(=O)c4cc(C)n(C)n4)CC3)nc2c1. The highest BCUT2D eigenvalue weighted by molar-refractivity contribution is 7.22. The van der Waals surface area contributed by atoms with Crippen molar-refractivity contribution in [1.29, 1.82) is 0 Å². The van der Waals surface area contributed by atoms with E-state index >= 15 is 0 Å². The number of piperazine rings is 1. The number of fused-ring (bicyclic) bond motifs is 1. The lowest BCUT2D eigenvalue weighted by atomic mass is 10.1. The monoisotopic (exact) mass is 369 g/mol. The molecule has 7 heteroatoms. The normalized spacial score (nSPS) is 15.1.